The van der Waals surface area contributed by atoms with Crippen molar-refractivity contribution in [2.24, 2.45) is 10.9 Å². The van der Waals surface area contributed by atoms with Gasteiger partial charge in [-0.25, -0.2) is 0 Å². The van der Waals surface area contributed by atoms with Gasteiger partial charge in [0.25, 0.3) is 0 Å². The summed E-state index contributed by atoms with van der Waals surface area (Å²) in [7, 11) is 1.83. The van der Waals surface area contributed by atoms with Crippen molar-refractivity contribution in [1.29, 1.82) is 0 Å². The molecule has 0 aromatic heterocycles. The van der Waals surface area contributed by atoms with Gasteiger partial charge in [-0.3, -0.25) is 9.89 Å². The predicted octanol–water partition coefficient (Wildman–Crippen LogP) is 2.79. The van der Waals surface area contributed by atoms with E-state index in [-0.39, 0.29) is 24.0 Å². The van der Waals surface area contributed by atoms with E-state index in [9.17, 15) is 0 Å². The van der Waals surface area contributed by atoms with E-state index in [1.54, 1.807) is 0 Å². The topological polar surface area (TPSA) is 48.9 Å². The molecule has 4 unspecified atom stereocenters. The molecular weight excluding hydrogens is 427 g/mol. The van der Waals surface area contributed by atoms with Gasteiger partial charge in [-0.15, -0.1) is 37.1 Å². The van der Waals surface area contributed by atoms with Crippen LogP contribution in [-0.4, -0.2) is 61.8 Å². The molecule has 144 valence electrons. The lowest BCUT2D eigenvalue weighted by Gasteiger charge is -2.34. The lowest BCUT2D eigenvalue weighted by atomic mass is 9.96. The van der Waals surface area contributed by atoms with Gasteiger partial charge in [-0.1, -0.05) is 26.0 Å². The van der Waals surface area contributed by atoms with E-state index >= 15 is 0 Å². The number of fused-ring (bicyclic) bond motifs is 2. The SMILES string of the molecule is C=CCN(CC=C)C(CNC(=NC)NC1CC2CCC1O2)C(C)C.I. The number of hydrogen-bond acceptors (Lipinski definition) is 3. The van der Waals surface area contributed by atoms with E-state index in [2.05, 4.69) is 47.5 Å². The third-order valence-electron chi connectivity index (χ3n) is 5.10. The van der Waals surface area contributed by atoms with Gasteiger partial charge in [0.15, 0.2) is 5.96 Å². The molecule has 2 aliphatic rings. The average molecular weight is 462 g/mol. The molecule has 0 aliphatic carbocycles. The largest absolute Gasteiger partial charge is 0.373 e. The lowest BCUT2D eigenvalue weighted by Crippen LogP contribution is -2.52. The Morgan fingerprint density at radius 2 is 1.96 bits per heavy atom. The molecule has 2 heterocycles. The fourth-order valence-electron chi connectivity index (χ4n) is 3.82. The average Bonchev–Trinajstić information content (AvgIpc) is 3.16. The molecule has 0 saturated carbocycles. The monoisotopic (exact) mass is 462 g/mol. The standard InChI is InChI=1S/C19H34N4O.HI/c1-6-10-23(11-7-2)17(14(3)4)13-21-19(20-5)22-16-12-15-8-9-18(16)24-15;/h6-7,14-18H,1-2,8-13H2,3-5H3,(H2,20,21,22);1H. The Labute approximate surface area is 170 Å². The zero-order valence-electron chi connectivity index (χ0n) is 15.9. The number of ether oxygens (including phenoxy) is 1. The molecular formula is C19H35IN4O. The minimum atomic E-state index is 0. The summed E-state index contributed by atoms with van der Waals surface area (Å²) >= 11 is 0. The van der Waals surface area contributed by atoms with Crippen LogP contribution >= 0.6 is 24.0 Å². The number of halogens is 1. The molecule has 2 aliphatic heterocycles. The molecule has 0 aromatic carbocycles. The van der Waals surface area contributed by atoms with E-state index < -0.39 is 0 Å². The van der Waals surface area contributed by atoms with Crippen molar-refractivity contribution in [1.82, 2.24) is 15.5 Å². The molecule has 2 rings (SSSR count). The van der Waals surface area contributed by atoms with Gasteiger partial charge in [0.1, 0.15) is 0 Å². The van der Waals surface area contributed by atoms with Crippen LogP contribution in [0.15, 0.2) is 30.3 Å². The molecule has 2 fully saturated rings. The van der Waals surface area contributed by atoms with E-state index in [0.717, 1.165) is 32.0 Å². The van der Waals surface area contributed by atoms with Gasteiger partial charge < -0.3 is 15.4 Å². The molecule has 6 heteroatoms. The Kier molecular flexibility index (Phi) is 10.0. The minimum absolute atomic E-state index is 0. The van der Waals surface area contributed by atoms with Gasteiger partial charge in [-0.05, 0) is 25.2 Å². The second-order valence-corrected chi connectivity index (χ2v) is 7.16. The highest BCUT2D eigenvalue weighted by Crippen LogP contribution is 2.34. The van der Waals surface area contributed by atoms with Crippen LogP contribution in [0.1, 0.15) is 33.1 Å². The molecule has 0 radical (unpaired) electrons. The van der Waals surface area contributed by atoms with Crippen LogP contribution in [0, 0.1) is 5.92 Å². The maximum atomic E-state index is 5.92. The molecule has 0 amide bonds. The summed E-state index contributed by atoms with van der Waals surface area (Å²) in [6, 6.07) is 0.792. The number of aliphatic imine (C=N–C) groups is 1. The fourth-order valence-corrected chi connectivity index (χ4v) is 3.82. The number of nitrogens with zero attached hydrogens (tertiary/aromatic N) is 2. The highest BCUT2D eigenvalue weighted by Gasteiger charge is 2.41. The molecule has 0 aromatic rings. The van der Waals surface area contributed by atoms with Crippen molar-refractivity contribution in [2.75, 3.05) is 26.7 Å². The Bertz CT molecular complexity index is 445. The smallest absolute Gasteiger partial charge is 0.191 e. The first kappa shape index (κ1) is 22.4. The Hall–Kier alpha value is -0.600. The van der Waals surface area contributed by atoms with Crippen molar-refractivity contribution < 1.29 is 4.74 Å². The van der Waals surface area contributed by atoms with Crippen molar-refractivity contribution in [3.63, 3.8) is 0 Å². The van der Waals surface area contributed by atoms with E-state index in [1.807, 2.05) is 19.2 Å². The van der Waals surface area contributed by atoms with Gasteiger partial charge in [0.2, 0.25) is 0 Å². The quantitative estimate of drug-likeness (QED) is 0.240. The molecule has 2 N–H and O–H groups in total. The van der Waals surface area contributed by atoms with Crippen molar-refractivity contribution in [3.05, 3.63) is 25.3 Å². The molecule has 0 spiro atoms. The second-order valence-electron chi connectivity index (χ2n) is 7.16. The number of nitrogens with one attached hydrogen (secondary N) is 2. The Morgan fingerprint density at radius 3 is 2.40 bits per heavy atom. The summed E-state index contributed by atoms with van der Waals surface area (Å²) < 4.78 is 5.92. The molecule has 4 atom stereocenters. The molecule has 25 heavy (non-hydrogen) atoms. The van der Waals surface area contributed by atoms with Crippen LogP contribution in [0.25, 0.3) is 0 Å². The normalized spacial score (nSPS) is 26.4. The highest BCUT2D eigenvalue weighted by molar-refractivity contribution is 14.0. The van der Waals surface area contributed by atoms with Gasteiger partial charge >= 0.3 is 0 Å². The first-order valence-corrected chi connectivity index (χ1v) is 9.17. The Balaban J connectivity index is 0.00000312. The third kappa shape index (κ3) is 6.25. The summed E-state index contributed by atoms with van der Waals surface area (Å²) in [6.07, 6.45) is 8.19. The van der Waals surface area contributed by atoms with Crippen LogP contribution < -0.4 is 10.6 Å². The zero-order chi connectivity index (χ0) is 17.5. The van der Waals surface area contributed by atoms with Gasteiger partial charge in [-0.2, -0.15) is 0 Å². The maximum absolute atomic E-state index is 5.92. The zero-order valence-corrected chi connectivity index (χ0v) is 18.2. The minimum Gasteiger partial charge on any atom is -0.373 e. The van der Waals surface area contributed by atoms with Crippen molar-refractivity contribution in [3.8, 4) is 0 Å². The summed E-state index contributed by atoms with van der Waals surface area (Å²) in [5.74, 6) is 1.40. The molecule has 5 nitrogen and oxygen atoms in total. The number of rotatable bonds is 9. The van der Waals surface area contributed by atoms with Crippen LogP contribution in [0.5, 0.6) is 0 Å². The lowest BCUT2D eigenvalue weighted by molar-refractivity contribution is 0.0992. The maximum Gasteiger partial charge on any atom is 0.191 e. The molecule has 2 bridgehead atoms. The predicted molar refractivity (Wildman–Crippen MR) is 117 cm³/mol. The van der Waals surface area contributed by atoms with E-state index in [4.69, 9.17) is 4.74 Å². The summed E-state index contributed by atoms with van der Waals surface area (Å²) in [4.78, 5) is 6.79. The van der Waals surface area contributed by atoms with Crippen LogP contribution in [0.3, 0.4) is 0 Å². The van der Waals surface area contributed by atoms with Crippen LogP contribution in [0.4, 0.5) is 0 Å². The Morgan fingerprint density at radius 1 is 1.28 bits per heavy atom. The van der Waals surface area contributed by atoms with Crippen molar-refractivity contribution in [2.45, 2.75) is 57.4 Å². The summed E-state index contributed by atoms with van der Waals surface area (Å²) in [6.45, 7) is 14.8. The van der Waals surface area contributed by atoms with Crippen LogP contribution in [0.2, 0.25) is 0 Å². The first-order chi connectivity index (χ1) is 11.6. The van der Waals surface area contributed by atoms with Crippen molar-refractivity contribution >= 4 is 29.9 Å². The van der Waals surface area contributed by atoms with Gasteiger partial charge in [0, 0.05) is 32.7 Å². The van der Waals surface area contributed by atoms with E-state index in [0.29, 0.717) is 30.2 Å². The van der Waals surface area contributed by atoms with E-state index in [1.165, 1.54) is 12.8 Å². The summed E-state index contributed by atoms with van der Waals surface area (Å²) in [5.41, 5.74) is 0. The fraction of sp³-hybridized carbons (Fsp3) is 0.737. The third-order valence-corrected chi connectivity index (χ3v) is 5.10. The number of guanidine groups is 1. The number of hydrogen-bond donors (Lipinski definition) is 2. The summed E-state index contributed by atoms with van der Waals surface area (Å²) in [5, 5.41) is 7.06. The first-order valence-electron chi connectivity index (χ1n) is 9.17. The van der Waals surface area contributed by atoms with Crippen LogP contribution in [-0.2, 0) is 4.74 Å². The highest BCUT2D eigenvalue weighted by atomic mass is 127. The molecule has 2 saturated heterocycles. The second kappa shape index (κ2) is 11.2. The van der Waals surface area contributed by atoms with Gasteiger partial charge in [0.05, 0.1) is 18.2 Å².